The van der Waals surface area contributed by atoms with E-state index in [2.05, 4.69) is 0 Å². The first-order valence-corrected chi connectivity index (χ1v) is 6.74. The zero-order chi connectivity index (χ0) is 13.8. The summed E-state index contributed by atoms with van der Waals surface area (Å²) in [5, 5.41) is 10.0. The van der Waals surface area contributed by atoms with Gasteiger partial charge in [0, 0.05) is 14.2 Å². The molecular weight excluding hydrogens is 259 g/mol. The van der Waals surface area contributed by atoms with E-state index >= 15 is 0 Å². The van der Waals surface area contributed by atoms with Crippen molar-refractivity contribution in [1.29, 1.82) is 0 Å². The molecule has 1 aromatic rings. The summed E-state index contributed by atoms with van der Waals surface area (Å²) in [7, 11) is 1.82. The summed E-state index contributed by atoms with van der Waals surface area (Å²) in [4.78, 5) is 0. The number of benzene rings is 1. The van der Waals surface area contributed by atoms with Crippen molar-refractivity contribution in [2.24, 2.45) is 0 Å². The summed E-state index contributed by atoms with van der Waals surface area (Å²) in [6.45, 7) is 0. The van der Waals surface area contributed by atoms with Gasteiger partial charge < -0.3 is 23.6 Å². The Bertz CT molecular complexity index is 439. The van der Waals surface area contributed by atoms with E-state index < -0.39 is 13.4 Å². The first-order chi connectivity index (χ1) is 8.52. The average molecular weight is 276 g/mol. The van der Waals surface area contributed by atoms with E-state index in [1.54, 1.807) is 12.1 Å². The van der Waals surface area contributed by atoms with E-state index in [1.165, 1.54) is 34.5 Å². The topological polar surface area (TPSA) is 74.2 Å². The van der Waals surface area contributed by atoms with Crippen LogP contribution in [0.25, 0.3) is 0 Å². The minimum Gasteiger partial charge on any atom is -0.493 e. The quantitative estimate of drug-likeness (QED) is 0.803. The van der Waals surface area contributed by atoms with E-state index in [9.17, 15) is 9.67 Å². The van der Waals surface area contributed by atoms with Gasteiger partial charge in [0.1, 0.15) is 0 Å². The van der Waals surface area contributed by atoms with Crippen LogP contribution in [0.15, 0.2) is 18.2 Å². The van der Waals surface area contributed by atoms with Crippen LogP contribution in [-0.2, 0) is 13.6 Å². The second-order valence-corrected chi connectivity index (χ2v) is 5.69. The third-order valence-electron chi connectivity index (χ3n) is 2.51. The van der Waals surface area contributed by atoms with E-state index in [1.807, 2.05) is 0 Å². The van der Waals surface area contributed by atoms with Gasteiger partial charge in [0.2, 0.25) is 0 Å². The van der Waals surface area contributed by atoms with Crippen molar-refractivity contribution in [3.63, 3.8) is 0 Å². The van der Waals surface area contributed by atoms with Crippen molar-refractivity contribution in [2.75, 3.05) is 28.4 Å². The summed E-state index contributed by atoms with van der Waals surface area (Å²) in [6, 6.07) is 4.69. The van der Waals surface area contributed by atoms with Gasteiger partial charge in [0.25, 0.3) is 0 Å². The van der Waals surface area contributed by atoms with Crippen molar-refractivity contribution in [3.05, 3.63) is 23.8 Å². The Labute approximate surface area is 106 Å². The molecule has 1 atom stereocenters. The number of methoxy groups -OCH3 is 2. The highest BCUT2D eigenvalue weighted by Gasteiger charge is 2.34. The molecule has 0 bridgehead atoms. The molecule has 0 heterocycles. The summed E-state index contributed by atoms with van der Waals surface area (Å²) >= 11 is 0. The molecular formula is C11H17O6P. The Kier molecular flexibility index (Phi) is 5.16. The normalized spacial score (nSPS) is 13.2. The fourth-order valence-corrected chi connectivity index (χ4v) is 2.54. The first-order valence-electron chi connectivity index (χ1n) is 5.13. The summed E-state index contributed by atoms with van der Waals surface area (Å²) in [5.41, 5.74) is 0.361. The second kappa shape index (κ2) is 6.20. The monoisotopic (exact) mass is 276 g/mol. The van der Waals surface area contributed by atoms with Crippen LogP contribution in [0.2, 0.25) is 0 Å². The molecule has 1 N–H and O–H groups in total. The fourth-order valence-electron chi connectivity index (χ4n) is 1.47. The molecule has 0 fully saturated rings. The molecule has 1 rings (SSSR count). The SMILES string of the molecule is COc1ccc([C@@H](O)P(=O)(OC)OC)cc1OC. The second-order valence-electron chi connectivity index (χ2n) is 3.39. The Hall–Kier alpha value is -1.07. The van der Waals surface area contributed by atoms with Crippen molar-refractivity contribution < 1.29 is 28.2 Å². The summed E-state index contributed by atoms with van der Waals surface area (Å²) in [5.74, 6) is -0.446. The predicted molar refractivity (Wildman–Crippen MR) is 66.1 cm³/mol. The average Bonchev–Trinajstić information content (AvgIpc) is 2.44. The number of hydrogen-bond donors (Lipinski definition) is 1. The summed E-state index contributed by atoms with van der Waals surface area (Å²) in [6.07, 6.45) is 0. The van der Waals surface area contributed by atoms with Crippen LogP contribution in [0.3, 0.4) is 0 Å². The van der Waals surface area contributed by atoms with Crippen LogP contribution in [0.5, 0.6) is 11.5 Å². The number of aliphatic hydroxyl groups excluding tert-OH is 1. The maximum absolute atomic E-state index is 12.0. The highest BCUT2D eigenvalue weighted by Crippen LogP contribution is 2.58. The molecule has 1 aromatic carbocycles. The molecule has 18 heavy (non-hydrogen) atoms. The zero-order valence-corrected chi connectivity index (χ0v) is 11.6. The van der Waals surface area contributed by atoms with Crippen molar-refractivity contribution in [3.8, 4) is 11.5 Å². The lowest BCUT2D eigenvalue weighted by molar-refractivity contribution is 0.175. The van der Waals surface area contributed by atoms with Crippen molar-refractivity contribution >= 4 is 7.60 Å². The molecule has 0 aromatic heterocycles. The number of rotatable bonds is 6. The van der Waals surface area contributed by atoms with Crippen molar-refractivity contribution in [1.82, 2.24) is 0 Å². The molecule has 0 saturated heterocycles. The van der Waals surface area contributed by atoms with E-state index in [0.29, 0.717) is 17.1 Å². The highest BCUT2D eigenvalue weighted by molar-refractivity contribution is 7.53. The van der Waals surface area contributed by atoms with Crippen LogP contribution < -0.4 is 9.47 Å². The van der Waals surface area contributed by atoms with Crippen LogP contribution in [0.4, 0.5) is 0 Å². The van der Waals surface area contributed by atoms with Crippen LogP contribution in [-0.4, -0.2) is 33.5 Å². The van der Waals surface area contributed by atoms with Gasteiger partial charge in [-0.05, 0) is 17.7 Å². The third-order valence-corrected chi connectivity index (χ3v) is 4.43. The van der Waals surface area contributed by atoms with E-state index in [-0.39, 0.29) is 0 Å². The smallest absolute Gasteiger partial charge is 0.362 e. The molecule has 0 spiro atoms. The minimum atomic E-state index is -3.59. The lowest BCUT2D eigenvalue weighted by atomic mass is 10.2. The van der Waals surface area contributed by atoms with Gasteiger partial charge in [0.05, 0.1) is 14.2 Å². The Morgan fingerprint density at radius 1 is 1.06 bits per heavy atom. The first kappa shape index (κ1) is 15.0. The van der Waals surface area contributed by atoms with Gasteiger partial charge in [-0.3, -0.25) is 4.57 Å². The maximum atomic E-state index is 12.0. The number of aliphatic hydroxyl groups is 1. The van der Waals surface area contributed by atoms with E-state index in [0.717, 1.165) is 0 Å². The van der Waals surface area contributed by atoms with Crippen LogP contribution in [0, 0.1) is 0 Å². The largest absolute Gasteiger partial charge is 0.493 e. The Morgan fingerprint density at radius 2 is 1.61 bits per heavy atom. The molecule has 0 aliphatic rings. The highest BCUT2D eigenvalue weighted by atomic mass is 31.2. The molecule has 102 valence electrons. The van der Waals surface area contributed by atoms with Gasteiger partial charge in [0.15, 0.2) is 17.3 Å². The lowest BCUT2D eigenvalue weighted by Crippen LogP contribution is -2.03. The van der Waals surface area contributed by atoms with Gasteiger partial charge in [-0.25, -0.2) is 0 Å². The summed E-state index contributed by atoms with van der Waals surface area (Å²) < 4.78 is 31.7. The van der Waals surface area contributed by atoms with Gasteiger partial charge in [-0.15, -0.1) is 0 Å². The maximum Gasteiger partial charge on any atom is 0.362 e. The Morgan fingerprint density at radius 3 is 2.06 bits per heavy atom. The minimum absolute atomic E-state index is 0.361. The zero-order valence-electron chi connectivity index (χ0n) is 10.7. The third kappa shape index (κ3) is 2.84. The van der Waals surface area contributed by atoms with E-state index in [4.69, 9.17) is 18.5 Å². The molecule has 0 radical (unpaired) electrons. The predicted octanol–water partition coefficient (Wildman–Crippen LogP) is 2.18. The molecule has 0 saturated carbocycles. The van der Waals surface area contributed by atoms with Gasteiger partial charge >= 0.3 is 7.60 Å². The molecule has 0 amide bonds. The molecule has 0 aliphatic heterocycles. The van der Waals surface area contributed by atoms with Crippen LogP contribution >= 0.6 is 7.60 Å². The lowest BCUT2D eigenvalue weighted by Gasteiger charge is -2.20. The number of ether oxygens (including phenoxy) is 2. The molecule has 0 aliphatic carbocycles. The van der Waals surface area contributed by atoms with Gasteiger partial charge in [-0.1, -0.05) is 6.07 Å². The van der Waals surface area contributed by atoms with Gasteiger partial charge in [-0.2, -0.15) is 0 Å². The molecule has 6 nitrogen and oxygen atoms in total. The van der Waals surface area contributed by atoms with Crippen molar-refractivity contribution in [2.45, 2.75) is 5.85 Å². The van der Waals surface area contributed by atoms with Crippen LogP contribution in [0.1, 0.15) is 11.4 Å². The Balaban J connectivity index is 3.14. The molecule has 7 heteroatoms. The standard InChI is InChI=1S/C11H17O6P/c1-14-9-6-5-8(7-10(9)15-2)11(12)18(13,16-3)17-4/h5-7,11-12H,1-4H3/t11-/m0/s1. The number of hydrogen-bond acceptors (Lipinski definition) is 6. The fraction of sp³-hybridized carbons (Fsp3) is 0.455. The molecule has 0 unspecified atom stereocenters.